The molecule has 0 bridgehead atoms. The number of nitrogens with zero attached hydrogens (tertiary/aromatic N) is 4. The molecule has 0 spiro atoms. The Morgan fingerprint density at radius 3 is 2.73 bits per heavy atom. The first-order chi connectivity index (χ1) is 5.11. The van der Waals surface area contributed by atoms with Crippen molar-refractivity contribution in [2.45, 2.75) is 0 Å². The van der Waals surface area contributed by atoms with E-state index in [-0.39, 0.29) is 5.95 Å². The van der Waals surface area contributed by atoms with Gasteiger partial charge in [0.05, 0.1) is 0 Å². The van der Waals surface area contributed by atoms with Gasteiger partial charge in [0.15, 0.2) is 0 Å². The van der Waals surface area contributed by atoms with Crippen LogP contribution in [-0.4, -0.2) is 28.7 Å². The summed E-state index contributed by atoms with van der Waals surface area (Å²) in [6.07, 6.45) is 1.32. The summed E-state index contributed by atoms with van der Waals surface area (Å²) in [5, 5.41) is 1.56. The molecule has 0 atom stereocenters. The van der Waals surface area contributed by atoms with E-state index in [4.69, 9.17) is 5.73 Å². The minimum absolute atomic E-state index is 0.00639. The van der Waals surface area contributed by atoms with Gasteiger partial charge in [0, 0.05) is 14.1 Å². The predicted molar refractivity (Wildman–Crippen MR) is 40.8 cm³/mol. The summed E-state index contributed by atoms with van der Waals surface area (Å²) in [5.41, 5.74) is 4.75. The standard InChI is InChI=1S/C5H9N5O/c1-9(2)10-3-7-4(6)8-5(10)11/h3H,1-2H3,(H2,6,8,11). The molecule has 1 heterocycles. The summed E-state index contributed by atoms with van der Waals surface area (Å²) in [6, 6.07) is 0. The van der Waals surface area contributed by atoms with Crippen LogP contribution in [0.15, 0.2) is 11.1 Å². The summed E-state index contributed by atoms with van der Waals surface area (Å²) in [5.74, 6) is -0.00639. The van der Waals surface area contributed by atoms with E-state index < -0.39 is 5.69 Å². The fourth-order valence-corrected chi connectivity index (χ4v) is 0.616. The van der Waals surface area contributed by atoms with Gasteiger partial charge in [-0.05, 0) is 0 Å². The van der Waals surface area contributed by atoms with E-state index in [0.29, 0.717) is 0 Å². The first kappa shape index (κ1) is 7.52. The van der Waals surface area contributed by atoms with Gasteiger partial charge in [0.1, 0.15) is 6.33 Å². The molecule has 1 aromatic heterocycles. The van der Waals surface area contributed by atoms with E-state index >= 15 is 0 Å². The Morgan fingerprint density at radius 2 is 2.27 bits per heavy atom. The molecule has 0 saturated carbocycles. The number of nitrogens with two attached hydrogens (primary N) is 1. The quantitative estimate of drug-likeness (QED) is 0.529. The lowest BCUT2D eigenvalue weighted by atomic mass is 10.9. The van der Waals surface area contributed by atoms with Crippen LogP contribution in [0.5, 0.6) is 0 Å². The van der Waals surface area contributed by atoms with Crippen molar-refractivity contribution in [3.05, 3.63) is 16.8 Å². The summed E-state index contributed by atoms with van der Waals surface area (Å²) < 4.78 is 1.25. The maximum Gasteiger partial charge on any atom is 0.370 e. The third-order valence-corrected chi connectivity index (χ3v) is 1.14. The Bertz CT molecular complexity index is 304. The fourth-order valence-electron chi connectivity index (χ4n) is 0.616. The van der Waals surface area contributed by atoms with Crippen LogP contribution in [0.3, 0.4) is 0 Å². The van der Waals surface area contributed by atoms with Gasteiger partial charge in [0.25, 0.3) is 0 Å². The minimum Gasteiger partial charge on any atom is -0.368 e. The minimum atomic E-state index is -0.428. The lowest BCUT2D eigenvalue weighted by Crippen LogP contribution is -2.37. The van der Waals surface area contributed by atoms with Crippen LogP contribution in [0.4, 0.5) is 5.95 Å². The van der Waals surface area contributed by atoms with Gasteiger partial charge in [0.2, 0.25) is 5.95 Å². The average Bonchev–Trinajstić information content (AvgIpc) is 1.85. The number of hydrogen-bond donors (Lipinski definition) is 1. The molecule has 11 heavy (non-hydrogen) atoms. The molecule has 0 amide bonds. The van der Waals surface area contributed by atoms with Crippen molar-refractivity contribution in [1.29, 1.82) is 0 Å². The van der Waals surface area contributed by atoms with E-state index in [1.54, 1.807) is 19.1 Å². The molecule has 1 aromatic rings. The van der Waals surface area contributed by atoms with Crippen molar-refractivity contribution < 1.29 is 0 Å². The molecule has 0 fully saturated rings. The van der Waals surface area contributed by atoms with Crippen LogP contribution >= 0.6 is 0 Å². The average molecular weight is 155 g/mol. The highest BCUT2D eigenvalue weighted by molar-refractivity contribution is 5.09. The zero-order chi connectivity index (χ0) is 8.43. The molecular formula is C5H9N5O. The number of hydrogen-bond acceptors (Lipinski definition) is 5. The van der Waals surface area contributed by atoms with Crippen LogP contribution in [0.1, 0.15) is 0 Å². The third kappa shape index (κ3) is 1.46. The number of nitrogen functional groups attached to an aromatic ring is 1. The molecule has 0 aliphatic heterocycles. The van der Waals surface area contributed by atoms with Crippen molar-refractivity contribution in [2.24, 2.45) is 0 Å². The molecule has 0 aliphatic rings. The summed E-state index contributed by atoms with van der Waals surface area (Å²) in [6.45, 7) is 0. The van der Waals surface area contributed by atoms with Crippen molar-refractivity contribution >= 4 is 5.95 Å². The first-order valence-corrected chi connectivity index (χ1v) is 3.00. The molecular weight excluding hydrogens is 146 g/mol. The molecule has 6 heteroatoms. The SMILES string of the molecule is CN(C)n1cnc(N)nc1=O. The van der Waals surface area contributed by atoms with Crippen LogP contribution in [-0.2, 0) is 0 Å². The van der Waals surface area contributed by atoms with Crippen LogP contribution in [0.25, 0.3) is 0 Å². The Hall–Kier alpha value is -1.59. The van der Waals surface area contributed by atoms with E-state index in [1.807, 2.05) is 0 Å². The molecule has 60 valence electrons. The van der Waals surface area contributed by atoms with Gasteiger partial charge in [-0.1, -0.05) is 0 Å². The van der Waals surface area contributed by atoms with Gasteiger partial charge >= 0.3 is 5.69 Å². The Balaban J connectivity index is 3.21. The fraction of sp³-hybridized carbons (Fsp3) is 0.400. The third-order valence-electron chi connectivity index (χ3n) is 1.14. The predicted octanol–water partition coefficient (Wildman–Crippen LogP) is -1.58. The Labute approximate surface area is 63.3 Å². The number of anilines is 1. The lowest BCUT2D eigenvalue weighted by molar-refractivity contribution is 0.657. The normalized spacial score (nSPS) is 9.64. The molecule has 0 unspecified atom stereocenters. The zero-order valence-electron chi connectivity index (χ0n) is 6.35. The summed E-state index contributed by atoms with van der Waals surface area (Å²) >= 11 is 0. The van der Waals surface area contributed by atoms with Crippen molar-refractivity contribution in [3.63, 3.8) is 0 Å². The highest BCUT2D eigenvalue weighted by Crippen LogP contribution is 1.80. The zero-order valence-corrected chi connectivity index (χ0v) is 6.35. The van der Waals surface area contributed by atoms with Gasteiger partial charge in [-0.25, -0.2) is 9.78 Å². The molecule has 0 aromatic carbocycles. The van der Waals surface area contributed by atoms with Crippen molar-refractivity contribution in [1.82, 2.24) is 14.6 Å². The second-order valence-electron chi connectivity index (χ2n) is 2.19. The molecule has 0 saturated heterocycles. The maximum atomic E-state index is 11.0. The van der Waals surface area contributed by atoms with Crippen LogP contribution in [0.2, 0.25) is 0 Å². The smallest absolute Gasteiger partial charge is 0.368 e. The Morgan fingerprint density at radius 1 is 1.64 bits per heavy atom. The number of rotatable bonds is 1. The lowest BCUT2D eigenvalue weighted by Gasteiger charge is -2.12. The Kier molecular flexibility index (Phi) is 1.75. The molecule has 0 aliphatic carbocycles. The highest BCUT2D eigenvalue weighted by atomic mass is 16.2. The largest absolute Gasteiger partial charge is 0.370 e. The van der Waals surface area contributed by atoms with E-state index in [1.165, 1.54) is 11.0 Å². The topological polar surface area (TPSA) is 77.0 Å². The molecule has 2 N–H and O–H groups in total. The van der Waals surface area contributed by atoms with Crippen LogP contribution in [0, 0.1) is 0 Å². The second kappa shape index (κ2) is 2.57. The van der Waals surface area contributed by atoms with Gasteiger partial charge in [-0.3, -0.25) is 0 Å². The van der Waals surface area contributed by atoms with Crippen LogP contribution < -0.4 is 16.4 Å². The van der Waals surface area contributed by atoms with E-state index in [9.17, 15) is 4.79 Å². The summed E-state index contributed by atoms with van der Waals surface area (Å²) in [4.78, 5) is 18.0. The van der Waals surface area contributed by atoms with E-state index in [0.717, 1.165) is 0 Å². The monoisotopic (exact) mass is 155 g/mol. The van der Waals surface area contributed by atoms with Crippen molar-refractivity contribution in [2.75, 3.05) is 24.8 Å². The molecule has 1 rings (SSSR count). The van der Waals surface area contributed by atoms with Gasteiger partial charge in [-0.15, -0.1) is 0 Å². The number of aromatic nitrogens is 3. The molecule has 0 radical (unpaired) electrons. The highest BCUT2D eigenvalue weighted by Gasteiger charge is 1.98. The summed E-state index contributed by atoms with van der Waals surface area (Å²) in [7, 11) is 3.42. The van der Waals surface area contributed by atoms with Gasteiger partial charge < -0.3 is 10.7 Å². The van der Waals surface area contributed by atoms with E-state index in [2.05, 4.69) is 9.97 Å². The first-order valence-electron chi connectivity index (χ1n) is 3.00. The van der Waals surface area contributed by atoms with Gasteiger partial charge in [-0.2, -0.15) is 9.66 Å². The molecule has 6 nitrogen and oxygen atoms in total. The van der Waals surface area contributed by atoms with Crippen molar-refractivity contribution in [3.8, 4) is 0 Å². The second-order valence-corrected chi connectivity index (χ2v) is 2.19. The maximum absolute atomic E-state index is 11.0.